The molecule has 0 radical (unpaired) electrons. The van der Waals surface area contributed by atoms with Crippen molar-refractivity contribution < 1.29 is 17.6 Å². The van der Waals surface area contributed by atoms with E-state index < -0.39 is 21.7 Å². The Bertz CT molecular complexity index is 1200. The Labute approximate surface area is 180 Å². The van der Waals surface area contributed by atoms with E-state index in [0.29, 0.717) is 12.2 Å². The lowest BCUT2D eigenvalue weighted by molar-refractivity contribution is 0.0950. The van der Waals surface area contributed by atoms with Gasteiger partial charge in [-0.3, -0.25) is 9.78 Å². The number of aryl methyl sites for hydroxylation is 1. The predicted octanol–water partition coefficient (Wildman–Crippen LogP) is 2.21. The lowest BCUT2D eigenvalue weighted by atomic mass is 10.1. The third-order valence-corrected chi connectivity index (χ3v) is 6.40. The Hall–Kier alpha value is -3.24. The van der Waals surface area contributed by atoms with E-state index in [9.17, 15) is 17.6 Å². The van der Waals surface area contributed by atoms with Crippen molar-refractivity contribution in [3.05, 3.63) is 71.8 Å². The second-order valence-electron chi connectivity index (χ2n) is 6.95. The van der Waals surface area contributed by atoms with E-state index in [1.165, 1.54) is 14.1 Å². The summed E-state index contributed by atoms with van der Waals surface area (Å²) < 4.78 is 39.8. The van der Waals surface area contributed by atoms with Gasteiger partial charge in [0.1, 0.15) is 11.6 Å². The minimum Gasteiger partial charge on any atom is -0.352 e. The predicted molar refractivity (Wildman–Crippen MR) is 113 cm³/mol. The minimum atomic E-state index is -3.79. The van der Waals surface area contributed by atoms with Crippen LogP contribution in [0, 0.1) is 12.7 Å². The van der Waals surface area contributed by atoms with E-state index in [0.717, 1.165) is 39.3 Å². The van der Waals surface area contributed by atoms with Gasteiger partial charge in [0.2, 0.25) is 10.0 Å². The molecule has 0 aliphatic rings. The van der Waals surface area contributed by atoms with Crippen LogP contribution in [0.1, 0.15) is 21.9 Å². The van der Waals surface area contributed by atoms with Crippen molar-refractivity contribution in [3.63, 3.8) is 0 Å². The highest BCUT2D eigenvalue weighted by atomic mass is 32.2. The Morgan fingerprint density at radius 1 is 1.16 bits per heavy atom. The van der Waals surface area contributed by atoms with Crippen LogP contribution >= 0.6 is 0 Å². The molecule has 3 rings (SSSR count). The molecule has 0 fully saturated rings. The Morgan fingerprint density at radius 2 is 1.87 bits per heavy atom. The van der Waals surface area contributed by atoms with Crippen molar-refractivity contribution in [1.29, 1.82) is 0 Å². The molecular formula is C21H22FN5O3S. The molecule has 2 heterocycles. The van der Waals surface area contributed by atoms with Crippen molar-refractivity contribution in [1.82, 2.24) is 24.6 Å². The van der Waals surface area contributed by atoms with Crippen molar-refractivity contribution >= 4 is 15.9 Å². The van der Waals surface area contributed by atoms with Crippen LogP contribution in [-0.4, -0.2) is 54.2 Å². The molecule has 8 nitrogen and oxygen atoms in total. The number of hydrogen-bond acceptors (Lipinski definition) is 6. The monoisotopic (exact) mass is 443 g/mol. The topological polar surface area (TPSA) is 105 Å². The fraction of sp³-hybridized carbons (Fsp3) is 0.238. The molecule has 0 unspecified atom stereocenters. The molecule has 1 amide bonds. The van der Waals surface area contributed by atoms with Crippen molar-refractivity contribution in [2.24, 2.45) is 0 Å². The fourth-order valence-electron chi connectivity index (χ4n) is 2.92. The average Bonchev–Trinajstić information content (AvgIpc) is 2.74. The van der Waals surface area contributed by atoms with Gasteiger partial charge in [0.05, 0.1) is 16.2 Å². The molecular weight excluding hydrogens is 421 g/mol. The maximum atomic E-state index is 14.2. The highest BCUT2D eigenvalue weighted by Crippen LogP contribution is 2.21. The highest BCUT2D eigenvalue weighted by molar-refractivity contribution is 7.89. The molecule has 10 heteroatoms. The summed E-state index contributed by atoms with van der Waals surface area (Å²) in [7, 11) is -1.06. The molecule has 0 spiro atoms. The smallest absolute Gasteiger partial charge is 0.254 e. The number of amides is 1. The lowest BCUT2D eigenvalue weighted by Crippen LogP contribution is -2.28. The third kappa shape index (κ3) is 5.09. The van der Waals surface area contributed by atoms with Crippen LogP contribution in [0.2, 0.25) is 0 Å². The molecule has 3 aromatic rings. The van der Waals surface area contributed by atoms with Gasteiger partial charge < -0.3 is 5.32 Å². The van der Waals surface area contributed by atoms with Crippen LogP contribution < -0.4 is 5.32 Å². The van der Waals surface area contributed by atoms with Gasteiger partial charge >= 0.3 is 0 Å². The SMILES string of the molecule is Cc1ncc(-c2ccncc2)c(CCNC(=O)c2cc(S(=O)(=O)N(C)C)ccc2F)n1. The molecule has 0 bridgehead atoms. The number of nitrogens with zero attached hydrogens (tertiary/aromatic N) is 4. The number of benzene rings is 1. The van der Waals surface area contributed by atoms with Crippen LogP contribution in [0.3, 0.4) is 0 Å². The minimum absolute atomic E-state index is 0.157. The zero-order valence-corrected chi connectivity index (χ0v) is 18.1. The van der Waals surface area contributed by atoms with Gasteiger partial charge in [0.15, 0.2) is 0 Å². The Balaban J connectivity index is 1.77. The number of carbonyl (C=O) groups is 1. The van der Waals surface area contributed by atoms with E-state index in [1.54, 1.807) is 25.5 Å². The van der Waals surface area contributed by atoms with E-state index >= 15 is 0 Å². The first-order valence-electron chi connectivity index (χ1n) is 9.43. The quantitative estimate of drug-likeness (QED) is 0.600. The van der Waals surface area contributed by atoms with E-state index in [2.05, 4.69) is 20.3 Å². The van der Waals surface area contributed by atoms with Crippen LogP contribution in [0.25, 0.3) is 11.1 Å². The van der Waals surface area contributed by atoms with E-state index in [4.69, 9.17) is 0 Å². The van der Waals surface area contributed by atoms with Crippen molar-refractivity contribution in [2.45, 2.75) is 18.2 Å². The van der Waals surface area contributed by atoms with Gasteiger partial charge in [-0.1, -0.05) is 0 Å². The highest BCUT2D eigenvalue weighted by Gasteiger charge is 2.21. The average molecular weight is 444 g/mol. The molecule has 0 saturated heterocycles. The molecule has 1 N–H and O–H groups in total. The van der Waals surface area contributed by atoms with Crippen molar-refractivity contribution in [2.75, 3.05) is 20.6 Å². The largest absolute Gasteiger partial charge is 0.352 e. The second-order valence-corrected chi connectivity index (χ2v) is 9.10. The number of aromatic nitrogens is 3. The molecule has 2 aromatic heterocycles. The first kappa shape index (κ1) is 22.4. The summed E-state index contributed by atoms with van der Waals surface area (Å²) in [5.74, 6) is -0.915. The number of hydrogen-bond donors (Lipinski definition) is 1. The summed E-state index contributed by atoms with van der Waals surface area (Å²) >= 11 is 0. The first-order valence-corrected chi connectivity index (χ1v) is 10.9. The zero-order valence-electron chi connectivity index (χ0n) is 17.3. The second kappa shape index (κ2) is 9.27. The summed E-state index contributed by atoms with van der Waals surface area (Å²) in [5.41, 5.74) is 2.09. The summed E-state index contributed by atoms with van der Waals surface area (Å²) in [6.45, 7) is 1.95. The molecule has 0 atom stereocenters. The van der Waals surface area contributed by atoms with Gasteiger partial charge in [0.25, 0.3) is 5.91 Å². The van der Waals surface area contributed by atoms with Gasteiger partial charge in [-0.2, -0.15) is 0 Å². The number of pyridine rings is 1. The molecule has 0 aliphatic heterocycles. The molecule has 0 saturated carbocycles. The number of carbonyl (C=O) groups excluding carboxylic acids is 1. The van der Waals surface area contributed by atoms with Gasteiger partial charge in [-0.15, -0.1) is 0 Å². The van der Waals surface area contributed by atoms with Crippen LogP contribution in [0.5, 0.6) is 0 Å². The molecule has 1 aromatic carbocycles. The number of nitrogens with one attached hydrogen (secondary N) is 1. The van der Waals surface area contributed by atoms with Crippen LogP contribution in [0.15, 0.2) is 53.8 Å². The summed E-state index contributed by atoms with van der Waals surface area (Å²) in [5, 5.41) is 2.63. The zero-order chi connectivity index (χ0) is 22.6. The lowest BCUT2D eigenvalue weighted by Gasteiger charge is -2.13. The Morgan fingerprint density at radius 3 is 2.55 bits per heavy atom. The fourth-order valence-corrected chi connectivity index (χ4v) is 3.85. The normalized spacial score (nSPS) is 11.5. The molecule has 162 valence electrons. The van der Waals surface area contributed by atoms with Crippen molar-refractivity contribution in [3.8, 4) is 11.1 Å². The third-order valence-electron chi connectivity index (χ3n) is 4.59. The first-order chi connectivity index (χ1) is 14.7. The standard InChI is InChI=1S/C21H22FN5O3S/c1-14-25-13-18(15-6-9-23-10-7-15)20(26-14)8-11-24-21(28)17-12-16(4-5-19(17)22)31(29,30)27(2)3/h4-7,9-10,12-13H,8,11H2,1-3H3,(H,24,28). The van der Waals surface area contributed by atoms with E-state index in [1.807, 2.05) is 12.1 Å². The van der Waals surface area contributed by atoms with Gasteiger partial charge in [0, 0.05) is 51.2 Å². The maximum Gasteiger partial charge on any atom is 0.254 e. The van der Waals surface area contributed by atoms with Crippen LogP contribution in [0.4, 0.5) is 4.39 Å². The summed E-state index contributed by atoms with van der Waals surface area (Å²) in [6.07, 6.45) is 5.42. The number of sulfonamides is 1. The summed E-state index contributed by atoms with van der Waals surface area (Å²) in [4.78, 5) is 25.1. The van der Waals surface area contributed by atoms with Crippen LogP contribution in [-0.2, 0) is 16.4 Å². The molecule has 0 aliphatic carbocycles. The van der Waals surface area contributed by atoms with E-state index in [-0.39, 0.29) is 17.0 Å². The summed E-state index contributed by atoms with van der Waals surface area (Å²) in [6, 6.07) is 6.81. The maximum absolute atomic E-state index is 14.2. The van der Waals surface area contributed by atoms with Gasteiger partial charge in [-0.05, 0) is 42.8 Å². The molecule has 31 heavy (non-hydrogen) atoms. The number of rotatable bonds is 7. The Kier molecular flexibility index (Phi) is 6.71. The number of halogens is 1. The van der Waals surface area contributed by atoms with Gasteiger partial charge in [-0.25, -0.2) is 27.1 Å².